The molecule has 2 amide bonds. The number of hydrogen-bond acceptors (Lipinski definition) is 4. The van der Waals surface area contributed by atoms with Crippen molar-refractivity contribution >= 4 is 27.7 Å². The number of amides is 2. The molecule has 2 aromatic rings. The zero-order valence-corrected chi connectivity index (χ0v) is 14.6. The van der Waals surface area contributed by atoms with E-state index in [2.05, 4.69) is 15.9 Å². The van der Waals surface area contributed by atoms with E-state index in [9.17, 15) is 14.7 Å². The summed E-state index contributed by atoms with van der Waals surface area (Å²) in [6.07, 6.45) is -0.962. The van der Waals surface area contributed by atoms with Crippen molar-refractivity contribution in [3.8, 4) is 5.75 Å². The monoisotopic (exact) mass is 389 g/mol. The second kappa shape index (κ2) is 6.75. The Morgan fingerprint density at radius 3 is 2.33 bits per heavy atom. The fraction of sp³-hybridized carbons (Fsp3) is 0.222. The van der Waals surface area contributed by atoms with Crippen LogP contribution < -0.4 is 4.74 Å². The number of ether oxygens (including phenoxy) is 1. The molecule has 0 saturated heterocycles. The Kier molecular flexibility index (Phi) is 4.69. The minimum atomic E-state index is -0.962. The number of β-amino-alcohol motifs (C(OH)–C–C–N with tert-alkyl or cyclic N) is 1. The van der Waals surface area contributed by atoms with Gasteiger partial charge in [0.15, 0.2) is 0 Å². The van der Waals surface area contributed by atoms with Gasteiger partial charge in [-0.15, -0.1) is 0 Å². The van der Waals surface area contributed by atoms with E-state index < -0.39 is 6.10 Å². The van der Waals surface area contributed by atoms with Crippen LogP contribution in [0.4, 0.5) is 0 Å². The third-order valence-electron chi connectivity index (χ3n) is 3.84. The van der Waals surface area contributed by atoms with Gasteiger partial charge in [-0.05, 0) is 42.8 Å². The van der Waals surface area contributed by atoms with Crippen LogP contribution in [0, 0.1) is 6.92 Å². The zero-order chi connectivity index (χ0) is 17.3. The molecule has 1 N–H and O–H groups in total. The summed E-state index contributed by atoms with van der Waals surface area (Å²) < 4.78 is 6.51. The number of halogens is 1. The van der Waals surface area contributed by atoms with Crippen LogP contribution in [0.3, 0.4) is 0 Å². The van der Waals surface area contributed by atoms with Crippen molar-refractivity contribution in [3.63, 3.8) is 0 Å². The van der Waals surface area contributed by atoms with Crippen LogP contribution in [0.15, 0.2) is 46.9 Å². The number of nitrogens with zero attached hydrogens (tertiary/aromatic N) is 1. The SMILES string of the molecule is Cc1cc(OCC(O)CN2C(=O)c3ccccc3C2=O)ccc1Br. The number of carbonyl (C=O) groups excluding carboxylic acids is 2. The van der Waals surface area contributed by atoms with Gasteiger partial charge in [0.05, 0.1) is 17.7 Å². The van der Waals surface area contributed by atoms with Gasteiger partial charge in [-0.25, -0.2) is 0 Å². The molecule has 0 aromatic heterocycles. The molecule has 3 rings (SSSR count). The molecule has 0 spiro atoms. The average molecular weight is 390 g/mol. The first-order valence-corrected chi connectivity index (χ1v) is 8.29. The number of rotatable bonds is 5. The summed E-state index contributed by atoms with van der Waals surface area (Å²) in [6.45, 7) is 1.84. The lowest BCUT2D eigenvalue weighted by atomic mass is 10.1. The fourth-order valence-electron chi connectivity index (χ4n) is 2.57. The molecule has 2 aromatic carbocycles. The average Bonchev–Trinajstić information content (AvgIpc) is 2.81. The normalized spacial score (nSPS) is 14.7. The first-order valence-electron chi connectivity index (χ1n) is 7.49. The molecule has 24 heavy (non-hydrogen) atoms. The summed E-state index contributed by atoms with van der Waals surface area (Å²) in [5.74, 6) is -0.139. The quantitative estimate of drug-likeness (QED) is 0.798. The van der Waals surface area contributed by atoms with Gasteiger partial charge in [-0.2, -0.15) is 0 Å². The highest BCUT2D eigenvalue weighted by atomic mass is 79.9. The Morgan fingerprint density at radius 1 is 1.12 bits per heavy atom. The van der Waals surface area contributed by atoms with Crippen LogP contribution >= 0.6 is 15.9 Å². The Hall–Kier alpha value is -2.18. The van der Waals surface area contributed by atoms with Gasteiger partial charge in [0.2, 0.25) is 0 Å². The highest BCUT2D eigenvalue weighted by Gasteiger charge is 2.36. The van der Waals surface area contributed by atoms with E-state index in [4.69, 9.17) is 4.74 Å². The smallest absolute Gasteiger partial charge is 0.261 e. The lowest BCUT2D eigenvalue weighted by Gasteiger charge is -2.19. The number of imide groups is 1. The maximum Gasteiger partial charge on any atom is 0.261 e. The third kappa shape index (κ3) is 3.20. The van der Waals surface area contributed by atoms with Gasteiger partial charge in [0, 0.05) is 4.47 Å². The highest BCUT2D eigenvalue weighted by Crippen LogP contribution is 2.23. The molecule has 6 heteroatoms. The van der Waals surface area contributed by atoms with Crippen LogP contribution in [-0.4, -0.2) is 41.1 Å². The van der Waals surface area contributed by atoms with Crippen molar-refractivity contribution in [2.45, 2.75) is 13.0 Å². The van der Waals surface area contributed by atoms with E-state index in [1.54, 1.807) is 30.3 Å². The van der Waals surface area contributed by atoms with Crippen molar-refractivity contribution in [2.24, 2.45) is 0 Å². The van der Waals surface area contributed by atoms with Gasteiger partial charge in [-0.3, -0.25) is 14.5 Å². The summed E-state index contributed by atoms with van der Waals surface area (Å²) in [5, 5.41) is 10.1. The Labute approximate surface area is 148 Å². The summed E-state index contributed by atoms with van der Waals surface area (Å²) in [6, 6.07) is 12.1. The molecule has 0 fully saturated rings. The van der Waals surface area contributed by atoms with E-state index in [-0.39, 0.29) is 25.0 Å². The van der Waals surface area contributed by atoms with Crippen molar-refractivity contribution in [3.05, 3.63) is 63.6 Å². The van der Waals surface area contributed by atoms with E-state index in [0.29, 0.717) is 16.9 Å². The van der Waals surface area contributed by atoms with Gasteiger partial charge >= 0.3 is 0 Å². The minimum absolute atomic E-state index is 0.00548. The summed E-state index contributed by atoms with van der Waals surface area (Å²) >= 11 is 3.41. The van der Waals surface area contributed by atoms with Gasteiger partial charge < -0.3 is 9.84 Å². The fourth-order valence-corrected chi connectivity index (χ4v) is 2.81. The number of hydrogen-bond donors (Lipinski definition) is 1. The van der Waals surface area contributed by atoms with Crippen molar-refractivity contribution in [1.29, 1.82) is 0 Å². The third-order valence-corrected chi connectivity index (χ3v) is 4.73. The Bertz CT molecular complexity index is 770. The van der Waals surface area contributed by atoms with Crippen LogP contribution in [0.5, 0.6) is 5.75 Å². The highest BCUT2D eigenvalue weighted by molar-refractivity contribution is 9.10. The molecule has 0 aliphatic carbocycles. The summed E-state index contributed by atoms with van der Waals surface area (Å²) in [7, 11) is 0. The molecule has 0 saturated carbocycles. The molecule has 1 heterocycles. The van der Waals surface area contributed by atoms with Gasteiger partial charge in [0.1, 0.15) is 18.5 Å². The predicted octanol–water partition coefficient (Wildman–Crippen LogP) is 2.79. The van der Waals surface area contributed by atoms with Crippen molar-refractivity contribution in [1.82, 2.24) is 4.90 Å². The van der Waals surface area contributed by atoms with Crippen LogP contribution in [0.2, 0.25) is 0 Å². The summed E-state index contributed by atoms with van der Waals surface area (Å²) in [4.78, 5) is 25.6. The maximum atomic E-state index is 12.2. The first-order chi connectivity index (χ1) is 11.5. The summed E-state index contributed by atoms with van der Waals surface area (Å²) in [5.41, 5.74) is 1.76. The van der Waals surface area contributed by atoms with Crippen LogP contribution in [0.1, 0.15) is 26.3 Å². The van der Waals surface area contributed by atoms with Gasteiger partial charge in [0.25, 0.3) is 11.8 Å². The van der Waals surface area contributed by atoms with E-state index in [1.165, 1.54) is 0 Å². The van der Waals surface area contributed by atoms with Crippen LogP contribution in [-0.2, 0) is 0 Å². The van der Waals surface area contributed by atoms with E-state index in [0.717, 1.165) is 14.9 Å². The minimum Gasteiger partial charge on any atom is -0.491 e. The first kappa shape index (κ1) is 16.7. The molecule has 1 aliphatic heterocycles. The molecule has 1 unspecified atom stereocenters. The van der Waals surface area contributed by atoms with E-state index >= 15 is 0 Å². The number of aryl methyl sites for hydroxylation is 1. The van der Waals surface area contributed by atoms with Crippen LogP contribution in [0.25, 0.3) is 0 Å². The molecule has 1 atom stereocenters. The number of aliphatic hydroxyl groups excluding tert-OH is 1. The van der Waals surface area contributed by atoms with Crippen molar-refractivity contribution in [2.75, 3.05) is 13.2 Å². The zero-order valence-electron chi connectivity index (χ0n) is 13.0. The molecule has 0 radical (unpaired) electrons. The number of aliphatic hydroxyl groups is 1. The molecule has 5 nitrogen and oxygen atoms in total. The Balaban J connectivity index is 1.61. The second-order valence-electron chi connectivity index (χ2n) is 5.64. The lowest BCUT2D eigenvalue weighted by Crippen LogP contribution is -2.39. The number of fused-ring (bicyclic) bond motifs is 1. The molecule has 1 aliphatic rings. The predicted molar refractivity (Wildman–Crippen MR) is 92.2 cm³/mol. The molecular weight excluding hydrogens is 374 g/mol. The second-order valence-corrected chi connectivity index (χ2v) is 6.50. The van der Waals surface area contributed by atoms with Gasteiger partial charge in [-0.1, -0.05) is 28.1 Å². The molecule has 0 bridgehead atoms. The number of benzene rings is 2. The largest absolute Gasteiger partial charge is 0.491 e. The topological polar surface area (TPSA) is 66.8 Å². The Morgan fingerprint density at radius 2 is 1.75 bits per heavy atom. The molecule has 124 valence electrons. The lowest BCUT2D eigenvalue weighted by molar-refractivity contribution is 0.0457. The molecular formula is C18H16BrNO4. The van der Waals surface area contributed by atoms with E-state index in [1.807, 2.05) is 19.1 Å². The number of carbonyl (C=O) groups is 2. The maximum absolute atomic E-state index is 12.2. The standard InChI is InChI=1S/C18H16BrNO4/c1-11-8-13(6-7-16(11)19)24-10-12(21)9-20-17(22)14-4-2-3-5-15(14)18(20)23/h2-8,12,21H,9-10H2,1H3. The van der Waals surface area contributed by atoms with Crippen molar-refractivity contribution < 1.29 is 19.4 Å².